The molecule has 1 saturated heterocycles. The van der Waals surface area contributed by atoms with Gasteiger partial charge in [0.05, 0.1) is 17.6 Å². The van der Waals surface area contributed by atoms with Crippen molar-refractivity contribution in [3.05, 3.63) is 59.4 Å². The zero-order valence-electron chi connectivity index (χ0n) is 16.6. The van der Waals surface area contributed by atoms with Crippen molar-refractivity contribution in [3.8, 4) is 0 Å². The Morgan fingerprint density at radius 3 is 2.72 bits per heavy atom. The third-order valence-corrected chi connectivity index (χ3v) is 5.14. The summed E-state index contributed by atoms with van der Waals surface area (Å²) in [6.45, 7) is 4.19. The van der Waals surface area contributed by atoms with E-state index in [9.17, 15) is 9.59 Å². The number of hydrogen-bond acceptors (Lipinski definition) is 4. The summed E-state index contributed by atoms with van der Waals surface area (Å²) in [5.74, 6) is 0.740. The van der Waals surface area contributed by atoms with Crippen molar-refractivity contribution in [1.82, 2.24) is 14.9 Å². The summed E-state index contributed by atoms with van der Waals surface area (Å²) < 4.78 is 0. The fraction of sp³-hybridized carbons (Fsp3) is 0.318. The van der Waals surface area contributed by atoms with E-state index >= 15 is 0 Å². The summed E-state index contributed by atoms with van der Waals surface area (Å²) >= 11 is 2.15. The van der Waals surface area contributed by atoms with Crippen molar-refractivity contribution >= 4 is 51.5 Å². The van der Waals surface area contributed by atoms with Crippen molar-refractivity contribution in [2.75, 3.05) is 16.8 Å². The van der Waals surface area contributed by atoms with Gasteiger partial charge >= 0.3 is 0 Å². The first-order valence-electron chi connectivity index (χ1n) is 9.59. The minimum absolute atomic E-state index is 0. The maximum atomic E-state index is 12.4. The number of fused-ring (bicyclic) bond motifs is 1. The molecule has 1 amide bonds. The molecule has 0 radical (unpaired) electrons. The minimum atomic E-state index is -0.211. The average molecular weight is 508 g/mol. The SMILES string of the molecule is CI.C[C@H]1CCCN1Cc1nc2ccc(NC(=O)c3ccc(C=O)cc3)cc2[nH]1.[HH].[HH]. The maximum absolute atomic E-state index is 12.4. The van der Waals surface area contributed by atoms with Gasteiger partial charge < -0.3 is 10.3 Å². The van der Waals surface area contributed by atoms with Crippen LogP contribution in [0.25, 0.3) is 11.0 Å². The average Bonchev–Trinajstić information content (AvgIpc) is 3.34. The van der Waals surface area contributed by atoms with Gasteiger partial charge in [0.15, 0.2) is 0 Å². The molecule has 1 atom stereocenters. The second-order valence-corrected chi connectivity index (χ2v) is 7.07. The number of halogens is 1. The third-order valence-electron chi connectivity index (χ3n) is 5.14. The normalized spacial score (nSPS) is 16.3. The van der Waals surface area contributed by atoms with Crippen LogP contribution in [0, 0.1) is 0 Å². The van der Waals surface area contributed by atoms with E-state index in [0.717, 1.165) is 36.2 Å². The van der Waals surface area contributed by atoms with E-state index in [-0.39, 0.29) is 8.76 Å². The van der Waals surface area contributed by atoms with Crippen LogP contribution in [0.15, 0.2) is 42.5 Å². The van der Waals surface area contributed by atoms with Crippen LogP contribution < -0.4 is 5.32 Å². The van der Waals surface area contributed by atoms with Crippen molar-refractivity contribution in [2.24, 2.45) is 0 Å². The molecule has 1 fully saturated rings. The number of alkyl halides is 1. The number of carbonyl (C=O) groups is 2. The molecule has 29 heavy (non-hydrogen) atoms. The van der Waals surface area contributed by atoms with Crippen LogP contribution in [0.3, 0.4) is 0 Å². The highest BCUT2D eigenvalue weighted by Gasteiger charge is 2.21. The van der Waals surface area contributed by atoms with Crippen molar-refractivity contribution in [3.63, 3.8) is 0 Å². The summed E-state index contributed by atoms with van der Waals surface area (Å²) in [5.41, 5.74) is 3.56. The summed E-state index contributed by atoms with van der Waals surface area (Å²) in [4.78, 5) is 35.5. The van der Waals surface area contributed by atoms with E-state index in [2.05, 4.69) is 49.7 Å². The number of rotatable bonds is 5. The lowest BCUT2D eigenvalue weighted by atomic mass is 10.1. The van der Waals surface area contributed by atoms with Gasteiger partial charge in [-0.2, -0.15) is 0 Å². The van der Waals surface area contributed by atoms with Gasteiger partial charge in [0.25, 0.3) is 5.91 Å². The molecule has 1 aliphatic heterocycles. The smallest absolute Gasteiger partial charge is 0.255 e. The van der Waals surface area contributed by atoms with Gasteiger partial charge in [-0.1, -0.05) is 34.7 Å². The van der Waals surface area contributed by atoms with Crippen LogP contribution >= 0.6 is 22.6 Å². The first-order valence-corrected chi connectivity index (χ1v) is 11.8. The van der Waals surface area contributed by atoms with E-state index in [1.54, 1.807) is 24.3 Å². The Hall–Kier alpha value is -2.26. The number of aromatic amines is 1. The molecule has 0 aliphatic carbocycles. The van der Waals surface area contributed by atoms with Gasteiger partial charge in [-0.25, -0.2) is 4.98 Å². The van der Waals surface area contributed by atoms with Crippen LogP contribution in [-0.4, -0.2) is 44.6 Å². The number of H-pyrrole nitrogens is 1. The fourth-order valence-corrected chi connectivity index (χ4v) is 3.55. The molecule has 0 unspecified atom stereocenters. The quantitative estimate of drug-likeness (QED) is 0.284. The molecule has 156 valence electrons. The van der Waals surface area contributed by atoms with E-state index in [1.807, 2.05) is 23.1 Å². The molecule has 7 heteroatoms. The Kier molecular flexibility index (Phi) is 7.38. The highest BCUT2D eigenvalue weighted by Crippen LogP contribution is 2.22. The molecule has 0 saturated carbocycles. The Balaban J connectivity index is 0.00000117. The molecule has 2 heterocycles. The van der Waals surface area contributed by atoms with Crippen LogP contribution in [0.4, 0.5) is 5.69 Å². The van der Waals surface area contributed by atoms with Crippen molar-refractivity contribution in [1.29, 1.82) is 0 Å². The number of amides is 1. The maximum Gasteiger partial charge on any atom is 0.255 e. The minimum Gasteiger partial charge on any atom is -0.341 e. The Labute approximate surface area is 187 Å². The standard InChI is InChI=1S/C21H22N4O2.CH3I.2H2/c1-14-3-2-10-25(14)12-20-23-18-9-8-17(11-19(18)24-20)22-21(27)16-6-4-15(13-26)5-7-16;1-2;;/h4-9,11,13-14H,2-3,10,12H2,1H3,(H,22,27)(H,23,24);1H3;2*1H/t14-;;;/m0.../s1. The van der Waals surface area contributed by atoms with E-state index < -0.39 is 0 Å². The number of nitrogens with one attached hydrogen (secondary N) is 2. The predicted octanol–water partition coefficient (Wildman–Crippen LogP) is 5.16. The molecule has 1 aromatic heterocycles. The number of imidazole rings is 1. The molecule has 1 aliphatic rings. The number of hydrogen-bond donors (Lipinski definition) is 2. The number of nitrogens with zero attached hydrogens (tertiary/aromatic N) is 2. The fourth-order valence-electron chi connectivity index (χ4n) is 3.55. The molecular weight excluding hydrogens is 479 g/mol. The second kappa shape index (κ2) is 9.98. The first kappa shape index (κ1) is 21.4. The Bertz CT molecular complexity index is 995. The van der Waals surface area contributed by atoms with Crippen molar-refractivity contribution < 1.29 is 12.4 Å². The Morgan fingerprint density at radius 1 is 1.31 bits per heavy atom. The highest BCUT2D eigenvalue weighted by molar-refractivity contribution is 14.1. The molecule has 4 rings (SSSR count). The summed E-state index contributed by atoms with van der Waals surface area (Å²) in [7, 11) is 0. The van der Waals surface area contributed by atoms with E-state index in [4.69, 9.17) is 0 Å². The Morgan fingerprint density at radius 2 is 2.07 bits per heavy atom. The molecule has 6 nitrogen and oxygen atoms in total. The van der Waals surface area contributed by atoms with Crippen LogP contribution in [-0.2, 0) is 6.54 Å². The lowest BCUT2D eigenvalue weighted by molar-refractivity contribution is 0.102. The van der Waals surface area contributed by atoms with Crippen LogP contribution in [0.2, 0.25) is 0 Å². The monoisotopic (exact) mass is 508 g/mol. The number of aldehydes is 1. The summed E-state index contributed by atoms with van der Waals surface area (Å²) in [6.07, 6.45) is 3.24. The first-order chi connectivity index (χ1) is 14.1. The van der Waals surface area contributed by atoms with Crippen LogP contribution in [0.5, 0.6) is 0 Å². The van der Waals surface area contributed by atoms with Gasteiger partial charge in [-0.05, 0) is 61.6 Å². The molecule has 0 spiro atoms. The van der Waals surface area contributed by atoms with Gasteiger partial charge in [-0.3, -0.25) is 14.5 Å². The number of carbonyl (C=O) groups excluding carboxylic acids is 2. The highest BCUT2D eigenvalue weighted by atomic mass is 127. The molecule has 2 N–H and O–H groups in total. The van der Waals surface area contributed by atoms with Gasteiger partial charge in [0, 0.05) is 25.7 Å². The van der Waals surface area contributed by atoms with Gasteiger partial charge in [-0.15, -0.1) is 0 Å². The third kappa shape index (κ3) is 5.22. The summed E-state index contributed by atoms with van der Waals surface area (Å²) in [6, 6.07) is 12.8. The largest absolute Gasteiger partial charge is 0.341 e. The lowest BCUT2D eigenvalue weighted by Crippen LogP contribution is -2.26. The molecule has 2 aromatic carbocycles. The summed E-state index contributed by atoms with van der Waals surface area (Å²) in [5, 5.41) is 2.89. The zero-order valence-corrected chi connectivity index (χ0v) is 18.8. The lowest BCUT2D eigenvalue weighted by Gasteiger charge is -2.19. The number of likely N-dealkylation sites (tertiary alicyclic amines) is 1. The number of benzene rings is 2. The van der Waals surface area contributed by atoms with E-state index in [1.165, 1.54) is 12.8 Å². The van der Waals surface area contributed by atoms with Crippen LogP contribution in [0.1, 0.15) is 49.2 Å². The van der Waals surface area contributed by atoms with Gasteiger partial charge in [0.2, 0.25) is 0 Å². The number of anilines is 1. The van der Waals surface area contributed by atoms with E-state index in [0.29, 0.717) is 22.9 Å². The molecule has 3 aromatic rings. The number of aromatic nitrogens is 2. The molecular formula is C22H29IN4O2. The molecule has 0 bridgehead atoms. The second-order valence-electron chi connectivity index (χ2n) is 7.07. The zero-order chi connectivity index (χ0) is 20.8. The predicted molar refractivity (Wildman–Crippen MR) is 129 cm³/mol. The topological polar surface area (TPSA) is 78.1 Å². The van der Waals surface area contributed by atoms with Crippen molar-refractivity contribution in [2.45, 2.75) is 32.4 Å². The van der Waals surface area contributed by atoms with Gasteiger partial charge in [0.1, 0.15) is 12.1 Å².